The number of nitrogens with one attached hydrogen (secondary N) is 2. The van der Waals surface area contributed by atoms with Gasteiger partial charge in [-0.05, 0) is 18.2 Å². The SMILES string of the molecule is COc1cc(C(=O)NCC(=O)N/N=C/c2cc3c(cc2Cl)OCO3)cc(OC)c1OC. The summed E-state index contributed by atoms with van der Waals surface area (Å²) in [5.74, 6) is 1.04. The standard InChI is InChI=1S/C20H20ClN3O7/c1-27-16-4-11(5-17(28-2)19(16)29-3)20(26)22-9-18(25)24-23-8-12-6-14-15(7-13(12)21)31-10-30-14/h4-8H,9-10H2,1-3H3,(H,22,26)(H,24,25)/b23-8+. The van der Waals surface area contributed by atoms with E-state index in [1.165, 1.54) is 39.7 Å². The van der Waals surface area contributed by atoms with E-state index in [0.717, 1.165) is 0 Å². The van der Waals surface area contributed by atoms with Crippen LogP contribution in [0, 0.1) is 0 Å². The molecule has 0 bridgehead atoms. The Morgan fingerprint density at radius 2 is 1.71 bits per heavy atom. The molecule has 2 aromatic rings. The maximum absolute atomic E-state index is 12.4. The molecule has 2 N–H and O–H groups in total. The number of halogens is 1. The van der Waals surface area contributed by atoms with E-state index >= 15 is 0 Å². The van der Waals surface area contributed by atoms with Crippen molar-refractivity contribution in [3.05, 3.63) is 40.4 Å². The van der Waals surface area contributed by atoms with Crippen LogP contribution in [0.5, 0.6) is 28.7 Å². The van der Waals surface area contributed by atoms with Gasteiger partial charge in [-0.2, -0.15) is 5.10 Å². The fourth-order valence-corrected chi connectivity index (χ4v) is 2.92. The van der Waals surface area contributed by atoms with E-state index in [9.17, 15) is 9.59 Å². The van der Waals surface area contributed by atoms with Gasteiger partial charge in [-0.25, -0.2) is 5.43 Å². The maximum atomic E-state index is 12.4. The predicted molar refractivity (Wildman–Crippen MR) is 112 cm³/mol. The Hall–Kier alpha value is -3.66. The number of rotatable bonds is 8. The summed E-state index contributed by atoms with van der Waals surface area (Å²) in [6.07, 6.45) is 1.36. The Morgan fingerprint density at radius 3 is 2.32 bits per heavy atom. The van der Waals surface area contributed by atoms with Gasteiger partial charge in [-0.1, -0.05) is 11.6 Å². The van der Waals surface area contributed by atoms with Crippen molar-refractivity contribution < 1.29 is 33.3 Å². The van der Waals surface area contributed by atoms with Gasteiger partial charge < -0.3 is 29.0 Å². The normalized spacial score (nSPS) is 11.9. The zero-order chi connectivity index (χ0) is 22.4. The van der Waals surface area contributed by atoms with Crippen LogP contribution in [0.25, 0.3) is 0 Å². The number of hydrazone groups is 1. The van der Waals surface area contributed by atoms with Crippen molar-refractivity contribution >= 4 is 29.6 Å². The van der Waals surface area contributed by atoms with Crippen LogP contribution in [0.3, 0.4) is 0 Å². The highest BCUT2D eigenvalue weighted by Crippen LogP contribution is 2.38. The van der Waals surface area contributed by atoms with Gasteiger partial charge in [-0.3, -0.25) is 9.59 Å². The molecule has 31 heavy (non-hydrogen) atoms. The van der Waals surface area contributed by atoms with Crippen molar-refractivity contribution in [1.29, 1.82) is 0 Å². The second kappa shape index (κ2) is 9.90. The molecule has 1 aliphatic heterocycles. The Balaban J connectivity index is 1.57. The molecule has 0 aliphatic carbocycles. The Labute approximate surface area is 183 Å². The molecule has 0 saturated carbocycles. The highest BCUT2D eigenvalue weighted by molar-refractivity contribution is 6.33. The zero-order valence-electron chi connectivity index (χ0n) is 17.0. The third-order valence-electron chi connectivity index (χ3n) is 4.22. The molecule has 11 heteroatoms. The third-order valence-corrected chi connectivity index (χ3v) is 4.55. The topological polar surface area (TPSA) is 117 Å². The van der Waals surface area contributed by atoms with Crippen molar-refractivity contribution in [2.45, 2.75) is 0 Å². The molecule has 10 nitrogen and oxygen atoms in total. The largest absolute Gasteiger partial charge is 0.493 e. The lowest BCUT2D eigenvalue weighted by molar-refractivity contribution is -0.120. The second-order valence-corrected chi connectivity index (χ2v) is 6.52. The number of hydrogen-bond donors (Lipinski definition) is 2. The fraction of sp³-hybridized carbons (Fsp3) is 0.250. The summed E-state index contributed by atoms with van der Waals surface area (Å²) in [6, 6.07) is 6.21. The molecular formula is C20H20ClN3O7. The number of benzene rings is 2. The van der Waals surface area contributed by atoms with Crippen molar-refractivity contribution in [3.8, 4) is 28.7 Å². The first-order valence-corrected chi connectivity index (χ1v) is 9.33. The summed E-state index contributed by atoms with van der Waals surface area (Å²) in [5, 5.41) is 6.72. The molecular weight excluding hydrogens is 430 g/mol. The average Bonchev–Trinajstić information content (AvgIpc) is 3.23. The zero-order valence-corrected chi connectivity index (χ0v) is 17.7. The summed E-state index contributed by atoms with van der Waals surface area (Å²) in [7, 11) is 4.34. The van der Waals surface area contributed by atoms with Gasteiger partial charge in [0.1, 0.15) is 0 Å². The molecule has 2 aromatic carbocycles. The number of carbonyl (C=O) groups is 2. The van der Waals surface area contributed by atoms with E-state index < -0.39 is 11.8 Å². The van der Waals surface area contributed by atoms with Gasteiger partial charge in [0.15, 0.2) is 23.0 Å². The summed E-state index contributed by atoms with van der Waals surface area (Å²) in [5.41, 5.74) is 3.08. The monoisotopic (exact) mass is 449 g/mol. The minimum absolute atomic E-state index is 0.120. The summed E-state index contributed by atoms with van der Waals surface area (Å²) < 4.78 is 26.2. The number of hydrogen-bond acceptors (Lipinski definition) is 8. The molecule has 0 atom stereocenters. The van der Waals surface area contributed by atoms with Crippen molar-refractivity contribution in [2.75, 3.05) is 34.7 Å². The van der Waals surface area contributed by atoms with E-state index in [1.54, 1.807) is 12.1 Å². The van der Waals surface area contributed by atoms with Crippen molar-refractivity contribution in [3.63, 3.8) is 0 Å². The molecule has 0 aromatic heterocycles. The molecule has 0 fully saturated rings. The molecule has 1 aliphatic rings. The first kappa shape index (κ1) is 22.0. The third kappa shape index (κ3) is 5.10. The molecule has 0 unspecified atom stereocenters. The maximum Gasteiger partial charge on any atom is 0.259 e. The van der Waals surface area contributed by atoms with E-state index in [4.69, 9.17) is 35.3 Å². The van der Waals surface area contributed by atoms with Crippen LogP contribution in [0.15, 0.2) is 29.4 Å². The van der Waals surface area contributed by atoms with Crippen molar-refractivity contribution in [1.82, 2.24) is 10.7 Å². The lowest BCUT2D eigenvalue weighted by Crippen LogP contribution is -2.35. The van der Waals surface area contributed by atoms with Crippen LogP contribution in [0.4, 0.5) is 0 Å². The number of ether oxygens (including phenoxy) is 5. The highest BCUT2D eigenvalue weighted by atomic mass is 35.5. The molecule has 164 valence electrons. The molecule has 0 radical (unpaired) electrons. The van der Waals surface area contributed by atoms with E-state index in [-0.39, 0.29) is 18.9 Å². The number of nitrogens with zero attached hydrogens (tertiary/aromatic N) is 1. The molecule has 0 spiro atoms. The molecule has 1 heterocycles. The number of amides is 2. The van der Waals surface area contributed by atoms with E-state index in [0.29, 0.717) is 39.3 Å². The van der Waals surface area contributed by atoms with Crippen LogP contribution < -0.4 is 34.4 Å². The number of methoxy groups -OCH3 is 3. The van der Waals surface area contributed by atoms with Crippen LogP contribution in [0.2, 0.25) is 5.02 Å². The summed E-state index contributed by atoms with van der Waals surface area (Å²) in [4.78, 5) is 24.4. The fourth-order valence-electron chi connectivity index (χ4n) is 2.72. The number of carbonyl (C=O) groups excluding carboxylic acids is 2. The Kier molecular flexibility index (Phi) is 7.03. The summed E-state index contributed by atoms with van der Waals surface area (Å²) >= 11 is 6.14. The van der Waals surface area contributed by atoms with Gasteiger partial charge in [0, 0.05) is 17.2 Å². The molecule has 0 saturated heterocycles. The van der Waals surface area contributed by atoms with E-state index in [1.807, 2.05) is 0 Å². The lowest BCUT2D eigenvalue weighted by Gasteiger charge is -2.14. The lowest BCUT2D eigenvalue weighted by atomic mass is 10.1. The Morgan fingerprint density at radius 1 is 1.06 bits per heavy atom. The van der Waals surface area contributed by atoms with Gasteiger partial charge in [-0.15, -0.1) is 0 Å². The van der Waals surface area contributed by atoms with Crippen LogP contribution in [-0.4, -0.2) is 52.7 Å². The van der Waals surface area contributed by atoms with Gasteiger partial charge in [0.05, 0.1) is 39.1 Å². The van der Waals surface area contributed by atoms with Crippen LogP contribution >= 0.6 is 11.6 Å². The predicted octanol–water partition coefficient (Wildman–Crippen LogP) is 1.97. The highest BCUT2D eigenvalue weighted by Gasteiger charge is 2.18. The second-order valence-electron chi connectivity index (χ2n) is 6.12. The minimum Gasteiger partial charge on any atom is -0.493 e. The van der Waals surface area contributed by atoms with Crippen LogP contribution in [0.1, 0.15) is 15.9 Å². The van der Waals surface area contributed by atoms with E-state index in [2.05, 4.69) is 15.8 Å². The average molecular weight is 450 g/mol. The smallest absolute Gasteiger partial charge is 0.259 e. The van der Waals surface area contributed by atoms with Gasteiger partial charge >= 0.3 is 0 Å². The van der Waals surface area contributed by atoms with Gasteiger partial charge in [0.25, 0.3) is 11.8 Å². The molecule has 2 amide bonds. The number of fused-ring (bicyclic) bond motifs is 1. The van der Waals surface area contributed by atoms with Gasteiger partial charge in [0.2, 0.25) is 12.5 Å². The van der Waals surface area contributed by atoms with Crippen molar-refractivity contribution in [2.24, 2.45) is 5.10 Å². The first-order chi connectivity index (χ1) is 15.0. The minimum atomic E-state index is -0.533. The summed E-state index contributed by atoms with van der Waals surface area (Å²) in [6.45, 7) is -0.184. The van der Waals surface area contributed by atoms with Crippen LogP contribution in [-0.2, 0) is 4.79 Å². The Bertz CT molecular complexity index is 1000. The molecule has 3 rings (SSSR count). The first-order valence-electron chi connectivity index (χ1n) is 8.96. The quantitative estimate of drug-likeness (QED) is 0.467.